The van der Waals surface area contributed by atoms with Gasteiger partial charge in [0.2, 0.25) is 0 Å². The summed E-state index contributed by atoms with van der Waals surface area (Å²) in [6.07, 6.45) is 0.666. The van der Waals surface area contributed by atoms with E-state index < -0.39 is 6.17 Å². The summed E-state index contributed by atoms with van der Waals surface area (Å²) >= 11 is 8.31. The maximum Gasteiger partial charge on any atom is 0.261 e. The first kappa shape index (κ1) is 20.8. The number of hydrogen-bond acceptors (Lipinski definition) is 4. The third kappa shape index (κ3) is 6.27. The van der Waals surface area contributed by atoms with E-state index in [9.17, 15) is 9.18 Å². The van der Waals surface area contributed by atoms with Gasteiger partial charge >= 0.3 is 0 Å². The Kier molecular flexibility index (Phi) is 7.69. The maximum atomic E-state index is 13.2. The molecule has 4 nitrogen and oxygen atoms in total. The fraction of sp³-hybridized carbons (Fsp3) is 0.421. The number of nitrogens with zero attached hydrogens (tertiary/aromatic N) is 1. The normalized spacial score (nSPS) is 17.2. The molecule has 1 fully saturated rings. The summed E-state index contributed by atoms with van der Waals surface area (Å²) in [5.74, 6) is 0.726. The number of nitrogens with one attached hydrogen (secondary N) is 1. The smallest absolute Gasteiger partial charge is 0.261 e. The van der Waals surface area contributed by atoms with Crippen molar-refractivity contribution in [3.05, 3.63) is 49.0 Å². The zero-order valence-electron chi connectivity index (χ0n) is 14.7. The van der Waals surface area contributed by atoms with Crippen LogP contribution in [-0.2, 0) is 6.42 Å². The Morgan fingerprint density at radius 3 is 2.89 bits per heavy atom. The molecule has 1 atom stereocenters. The molecule has 8 heteroatoms. The summed E-state index contributed by atoms with van der Waals surface area (Å²) < 4.78 is 20.8. The van der Waals surface area contributed by atoms with Crippen molar-refractivity contribution in [1.29, 1.82) is 0 Å². The molecule has 0 saturated carbocycles. The number of hydrogen-bond donors (Lipinski definition) is 1. The molecule has 1 amide bonds. The summed E-state index contributed by atoms with van der Waals surface area (Å²) in [5, 5.41) is 4.83. The molecule has 2 heterocycles. The average Bonchev–Trinajstić information content (AvgIpc) is 3.25. The number of ether oxygens (including phenoxy) is 1. The molecule has 1 N–H and O–H groups in total. The highest BCUT2D eigenvalue weighted by Crippen LogP contribution is 2.26. The van der Waals surface area contributed by atoms with Crippen molar-refractivity contribution >= 4 is 49.1 Å². The van der Waals surface area contributed by atoms with Crippen LogP contribution in [0.1, 0.15) is 21.7 Å². The number of thiophene rings is 1. The lowest BCUT2D eigenvalue weighted by molar-refractivity contribution is 0.0958. The molecule has 1 aliphatic rings. The minimum Gasteiger partial charge on any atom is -0.491 e. The van der Waals surface area contributed by atoms with Crippen molar-refractivity contribution < 1.29 is 13.9 Å². The van der Waals surface area contributed by atoms with Gasteiger partial charge < -0.3 is 10.1 Å². The van der Waals surface area contributed by atoms with Crippen molar-refractivity contribution in [2.75, 3.05) is 32.8 Å². The van der Waals surface area contributed by atoms with Crippen LogP contribution in [0.4, 0.5) is 4.39 Å². The first-order valence-electron chi connectivity index (χ1n) is 8.81. The highest BCUT2D eigenvalue weighted by Gasteiger charge is 2.21. The monoisotopic (exact) mass is 518 g/mol. The van der Waals surface area contributed by atoms with Gasteiger partial charge in [-0.2, -0.15) is 0 Å². The summed E-state index contributed by atoms with van der Waals surface area (Å²) in [6.45, 7) is 3.16. The Morgan fingerprint density at radius 1 is 1.37 bits per heavy atom. The van der Waals surface area contributed by atoms with Crippen LogP contribution in [0.15, 0.2) is 38.6 Å². The molecule has 0 aliphatic carbocycles. The van der Waals surface area contributed by atoms with Crippen LogP contribution in [0.3, 0.4) is 0 Å². The lowest BCUT2D eigenvalue weighted by Crippen LogP contribution is -2.26. The van der Waals surface area contributed by atoms with Gasteiger partial charge in [0.25, 0.3) is 5.91 Å². The molecule has 1 aromatic carbocycles. The molecule has 27 heavy (non-hydrogen) atoms. The van der Waals surface area contributed by atoms with E-state index in [1.54, 1.807) is 0 Å². The first-order valence-corrected chi connectivity index (χ1v) is 11.3. The SMILES string of the molecule is O=C(NCCc1ccc(OCCN2CC[C@@H](F)C2)c(Br)c1)c1cc(Br)cs1. The quantitative estimate of drug-likeness (QED) is 0.551. The van der Waals surface area contributed by atoms with Crippen molar-refractivity contribution in [2.45, 2.75) is 19.0 Å². The summed E-state index contributed by atoms with van der Waals surface area (Å²) in [6, 6.07) is 7.76. The van der Waals surface area contributed by atoms with Gasteiger partial charge in [0.05, 0.1) is 9.35 Å². The molecule has 0 bridgehead atoms. The van der Waals surface area contributed by atoms with Gasteiger partial charge in [-0.1, -0.05) is 6.07 Å². The number of alkyl halides is 1. The van der Waals surface area contributed by atoms with Gasteiger partial charge in [0.1, 0.15) is 18.5 Å². The van der Waals surface area contributed by atoms with Gasteiger partial charge in [-0.15, -0.1) is 11.3 Å². The molecule has 1 saturated heterocycles. The highest BCUT2D eigenvalue weighted by molar-refractivity contribution is 9.10. The second-order valence-electron chi connectivity index (χ2n) is 6.43. The predicted molar refractivity (Wildman–Crippen MR) is 114 cm³/mol. The van der Waals surface area contributed by atoms with Crippen LogP contribution >= 0.6 is 43.2 Å². The molecular weight excluding hydrogens is 499 g/mol. The first-order chi connectivity index (χ1) is 13.0. The van der Waals surface area contributed by atoms with Crippen LogP contribution in [0.2, 0.25) is 0 Å². The van der Waals surface area contributed by atoms with Crippen LogP contribution in [0.25, 0.3) is 0 Å². The van der Waals surface area contributed by atoms with Crippen LogP contribution in [-0.4, -0.2) is 49.8 Å². The standard InChI is InChI=1S/C19H21Br2FN2O2S/c20-14-10-18(27-12-14)19(25)23-5-3-13-1-2-17(16(21)9-13)26-8-7-24-6-4-15(22)11-24/h1-2,9-10,12,15H,3-8,11H2,(H,23,25)/t15-/m1/s1. The van der Waals surface area contributed by atoms with Gasteiger partial charge in [-0.3, -0.25) is 9.69 Å². The average molecular weight is 520 g/mol. The third-order valence-electron chi connectivity index (χ3n) is 4.37. The zero-order valence-corrected chi connectivity index (χ0v) is 18.7. The number of carbonyl (C=O) groups is 1. The third-order valence-corrected chi connectivity index (χ3v) is 6.68. The zero-order chi connectivity index (χ0) is 19.2. The number of benzene rings is 1. The molecule has 0 spiro atoms. The lowest BCUT2D eigenvalue weighted by atomic mass is 10.1. The van der Waals surface area contributed by atoms with Crippen LogP contribution in [0.5, 0.6) is 5.75 Å². The van der Waals surface area contributed by atoms with Crippen molar-refractivity contribution in [2.24, 2.45) is 0 Å². The van der Waals surface area contributed by atoms with Gasteiger partial charge in [0, 0.05) is 36.0 Å². The fourth-order valence-corrected chi connectivity index (χ4v) is 4.81. The second-order valence-corrected chi connectivity index (χ2v) is 9.12. The molecular formula is C19H21Br2FN2O2S. The van der Waals surface area contributed by atoms with E-state index in [4.69, 9.17) is 4.74 Å². The van der Waals surface area contributed by atoms with Crippen LogP contribution in [0, 0.1) is 0 Å². The van der Waals surface area contributed by atoms with E-state index in [0.717, 1.165) is 39.8 Å². The number of likely N-dealkylation sites (tertiary alicyclic amines) is 1. The van der Waals surface area contributed by atoms with E-state index >= 15 is 0 Å². The Morgan fingerprint density at radius 2 is 2.22 bits per heavy atom. The molecule has 0 radical (unpaired) electrons. The Labute approximate surface area is 179 Å². The number of halogens is 3. The largest absolute Gasteiger partial charge is 0.491 e. The van der Waals surface area contributed by atoms with Crippen molar-refractivity contribution in [1.82, 2.24) is 10.2 Å². The van der Waals surface area contributed by atoms with Crippen LogP contribution < -0.4 is 10.1 Å². The van der Waals surface area contributed by atoms with E-state index in [1.165, 1.54) is 11.3 Å². The molecule has 1 aromatic heterocycles. The fourth-order valence-electron chi connectivity index (χ4n) is 2.93. The minimum absolute atomic E-state index is 0.0536. The van der Waals surface area contributed by atoms with E-state index in [-0.39, 0.29) is 5.91 Å². The minimum atomic E-state index is -0.696. The van der Waals surface area contributed by atoms with E-state index in [0.29, 0.717) is 31.0 Å². The topological polar surface area (TPSA) is 41.6 Å². The van der Waals surface area contributed by atoms with Gasteiger partial charge in [-0.25, -0.2) is 4.39 Å². The lowest BCUT2D eigenvalue weighted by Gasteiger charge is -2.16. The molecule has 146 valence electrons. The second kappa shape index (κ2) is 10.0. The van der Waals surface area contributed by atoms with E-state index in [1.807, 2.05) is 29.6 Å². The van der Waals surface area contributed by atoms with E-state index in [2.05, 4.69) is 42.1 Å². The summed E-state index contributed by atoms with van der Waals surface area (Å²) in [4.78, 5) is 14.8. The molecule has 3 rings (SSSR count). The Balaban J connectivity index is 1.41. The summed E-state index contributed by atoms with van der Waals surface area (Å²) in [5.41, 5.74) is 1.11. The molecule has 0 unspecified atom stereocenters. The molecule has 1 aliphatic heterocycles. The number of carbonyl (C=O) groups excluding carboxylic acids is 1. The predicted octanol–water partition coefficient (Wildman–Crippen LogP) is 4.67. The maximum absolute atomic E-state index is 13.2. The van der Waals surface area contributed by atoms with Crippen molar-refractivity contribution in [3.8, 4) is 5.75 Å². The number of amides is 1. The van der Waals surface area contributed by atoms with Gasteiger partial charge in [-0.05, 0) is 68.5 Å². The Bertz CT molecular complexity index is 787. The highest BCUT2D eigenvalue weighted by atomic mass is 79.9. The molecule has 2 aromatic rings. The summed E-state index contributed by atoms with van der Waals surface area (Å²) in [7, 11) is 0. The van der Waals surface area contributed by atoms with Crippen molar-refractivity contribution in [3.63, 3.8) is 0 Å². The Hall–Kier alpha value is -0.960. The van der Waals surface area contributed by atoms with Gasteiger partial charge in [0.15, 0.2) is 0 Å². The number of rotatable bonds is 8.